The number of unbranched alkanes of at least 4 members (excludes halogenated alkanes) is 3. The number of aliphatic hydroxyl groups is 1. The van der Waals surface area contributed by atoms with Crippen molar-refractivity contribution in [3.05, 3.63) is 29.8 Å². The highest BCUT2D eigenvalue weighted by atomic mass is 16.6. The van der Waals surface area contributed by atoms with Gasteiger partial charge in [-0.2, -0.15) is 0 Å². The second kappa shape index (κ2) is 57.1. The molecule has 0 fully saturated rings. The third-order valence-corrected chi connectivity index (χ3v) is 12.7. The van der Waals surface area contributed by atoms with Crippen LogP contribution in [-0.4, -0.2) is 278 Å². The molecule has 31 heteroatoms. The second-order valence-corrected chi connectivity index (χ2v) is 20.6. The minimum absolute atomic E-state index is 0.154. The van der Waals surface area contributed by atoms with Crippen LogP contribution in [0.15, 0.2) is 24.3 Å². The summed E-state index contributed by atoms with van der Waals surface area (Å²) in [5, 5.41) is 46.3. The highest BCUT2D eigenvalue weighted by molar-refractivity contribution is 5.98. The van der Waals surface area contributed by atoms with Crippen LogP contribution < -0.4 is 43.0 Å². The minimum atomic E-state index is -1.22. The predicted molar refractivity (Wildman–Crippen MR) is 328 cm³/mol. The number of likely N-dealkylation sites (N-methyl/N-ethyl adjacent to an activating group) is 1. The number of aliphatic carboxylic acids is 2. The topological polar surface area (TPSA) is 412 Å². The molecule has 1 rings (SSSR count). The zero-order chi connectivity index (χ0) is 66.1. The van der Waals surface area contributed by atoms with Gasteiger partial charge in [-0.3, -0.25) is 38.5 Å². The number of primary amides is 1. The van der Waals surface area contributed by atoms with E-state index in [-0.39, 0.29) is 70.0 Å². The Morgan fingerprint density at radius 1 is 0.456 bits per heavy atom. The maximum Gasteiger partial charge on any atom is 0.317 e. The SMILES string of the molecule is CN[C@@H](CCCCNC(=O)CCOCCOCCOCCOCCOCCCCCOCCOCCOCCOCCOCCOCCNC(=O)CN(CC(=O)O)CC(=O)O)C(=O)N[C@H](C(=O)N[C@@H](CCCNC(N)=O)C(=O)Nc1ccc(CO)cc1)C(C)C. The number of aliphatic hydroxyl groups excluding tert-OH is 1. The second-order valence-electron chi connectivity index (χ2n) is 20.6. The lowest BCUT2D eigenvalue weighted by Gasteiger charge is -2.27. The number of nitrogens with two attached hydrogens (primary N) is 1. The first kappa shape index (κ1) is 82.2. The molecule has 0 aliphatic carbocycles. The average molecular weight is 1290 g/mol. The van der Waals surface area contributed by atoms with Crippen LogP contribution in [-0.2, 0) is 92.3 Å². The number of benzene rings is 1. The number of rotatable bonds is 63. The van der Waals surface area contributed by atoms with Crippen molar-refractivity contribution in [2.75, 3.05) is 197 Å². The summed E-state index contributed by atoms with van der Waals surface area (Å²) >= 11 is 0. The Hall–Kier alpha value is -5.78. The summed E-state index contributed by atoms with van der Waals surface area (Å²) in [6, 6.07) is 3.31. The van der Waals surface area contributed by atoms with Gasteiger partial charge in [-0.1, -0.05) is 26.0 Å². The molecule has 0 radical (unpaired) electrons. The van der Waals surface area contributed by atoms with Crippen molar-refractivity contribution in [3.63, 3.8) is 0 Å². The van der Waals surface area contributed by atoms with Crippen molar-refractivity contribution in [1.29, 1.82) is 0 Å². The summed E-state index contributed by atoms with van der Waals surface area (Å²) in [4.78, 5) is 98.3. The highest BCUT2D eigenvalue weighted by Crippen LogP contribution is 2.13. The van der Waals surface area contributed by atoms with Crippen molar-refractivity contribution in [2.45, 2.75) is 96.4 Å². The summed E-state index contributed by atoms with van der Waals surface area (Å²) in [5.74, 6) is -4.84. The molecule has 7 amide bonds. The monoisotopic (exact) mass is 1290 g/mol. The lowest BCUT2D eigenvalue weighted by Crippen LogP contribution is -2.57. The van der Waals surface area contributed by atoms with Crippen LogP contribution in [0.3, 0.4) is 0 Å². The molecule has 518 valence electrons. The minimum Gasteiger partial charge on any atom is -0.480 e. The number of nitrogens with zero attached hydrogens (tertiary/aromatic N) is 1. The first-order valence-electron chi connectivity index (χ1n) is 30.9. The molecule has 0 saturated carbocycles. The number of urea groups is 1. The van der Waals surface area contributed by atoms with Gasteiger partial charge in [0.2, 0.25) is 29.5 Å². The van der Waals surface area contributed by atoms with E-state index < -0.39 is 66.9 Å². The van der Waals surface area contributed by atoms with Crippen molar-refractivity contribution in [1.82, 2.24) is 36.8 Å². The summed E-state index contributed by atoms with van der Waals surface area (Å²) in [7, 11) is 1.65. The number of anilines is 1. The van der Waals surface area contributed by atoms with Gasteiger partial charge >= 0.3 is 18.0 Å². The lowest BCUT2D eigenvalue weighted by atomic mass is 10.0. The van der Waals surface area contributed by atoms with Gasteiger partial charge in [0.05, 0.1) is 164 Å². The summed E-state index contributed by atoms with van der Waals surface area (Å²) < 4.78 is 60.7. The molecule has 1 aromatic rings. The summed E-state index contributed by atoms with van der Waals surface area (Å²) in [6.45, 7) is 12.0. The number of carbonyl (C=O) groups excluding carboxylic acids is 6. The lowest BCUT2D eigenvalue weighted by molar-refractivity contribution is -0.142. The molecule has 90 heavy (non-hydrogen) atoms. The molecule has 0 spiro atoms. The summed E-state index contributed by atoms with van der Waals surface area (Å²) in [5.41, 5.74) is 6.30. The van der Waals surface area contributed by atoms with Gasteiger partial charge in [0.25, 0.3) is 0 Å². The molecule has 0 aromatic heterocycles. The fraction of sp³-hybridized carbons (Fsp3) is 0.763. The van der Waals surface area contributed by atoms with Gasteiger partial charge < -0.3 is 110 Å². The van der Waals surface area contributed by atoms with Crippen LogP contribution in [0.1, 0.15) is 77.2 Å². The van der Waals surface area contributed by atoms with Crippen molar-refractivity contribution >= 4 is 53.2 Å². The molecule has 31 nitrogen and oxygen atoms in total. The first-order chi connectivity index (χ1) is 43.6. The van der Waals surface area contributed by atoms with E-state index in [0.717, 1.165) is 24.2 Å². The van der Waals surface area contributed by atoms with E-state index in [2.05, 4.69) is 37.2 Å². The van der Waals surface area contributed by atoms with Crippen molar-refractivity contribution in [3.8, 4) is 0 Å². The Morgan fingerprint density at radius 2 is 0.889 bits per heavy atom. The van der Waals surface area contributed by atoms with Gasteiger partial charge in [-0.15, -0.1) is 0 Å². The smallest absolute Gasteiger partial charge is 0.317 e. The normalized spacial score (nSPS) is 12.3. The van der Waals surface area contributed by atoms with Gasteiger partial charge in [0.15, 0.2) is 0 Å². The number of carbonyl (C=O) groups is 8. The summed E-state index contributed by atoms with van der Waals surface area (Å²) in [6.07, 6.45) is 5.23. The van der Waals surface area contributed by atoms with Gasteiger partial charge in [0, 0.05) is 45.0 Å². The quantitative estimate of drug-likeness (QED) is 0.0363. The number of hydrogen-bond donors (Lipinski definition) is 11. The molecule has 0 aliphatic rings. The molecule has 0 bridgehead atoms. The van der Waals surface area contributed by atoms with Crippen LogP contribution in [0, 0.1) is 5.92 Å². The number of ether oxygens (including phenoxy) is 11. The van der Waals surface area contributed by atoms with E-state index in [1.165, 1.54) is 0 Å². The number of carboxylic acid groups (broad SMARTS) is 2. The Morgan fingerprint density at radius 3 is 1.33 bits per heavy atom. The standard InChI is InChI=1S/C59H105N9O22/c1-46(2)55(58(78)66-50(11-9-18-64-59(60)79)57(77)65-48-14-12-47(45-69)13-15-48)67-56(76)49(61-3)10-5-6-17-62-51(70)16-22-82-26-30-86-34-38-88-36-32-84-28-24-80-20-7-4-8-21-81-25-29-85-33-37-89-40-41-90-39-35-87-31-27-83-23-19-63-52(71)42-68(43-53(72)73)44-54(74)75/h12-15,46,49-50,55,61,69H,4-11,16-45H2,1-3H3,(H,62,70)(H,63,71)(H,65,77)(H,66,78)(H,67,76)(H,72,73)(H,74,75)(H3,60,64,79)/t49-,50-,55-/m0/s1. The number of nitrogens with one attached hydrogen (secondary N) is 7. The van der Waals surface area contributed by atoms with Crippen molar-refractivity contribution in [2.24, 2.45) is 11.7 Å². The van der Waals surface area contributed by atoms with E-state index in [1.807, 2.05) is 0 Å². The molecule has 1 aromatic carbocycles. The number of hydrogen-bond acceptors (Lipinski definition) is 22. The maximum atomic E-state index is 13.6. The fourth-order valence-corrected chi connectivity index (χ4v) is 7.96. The Balaban J connectivity index is 1.92. The van der Waals surface area contributed by atoms with E-state index in [9.17, 15) is 43.5 Å². The Labute approximate surface area is 529 Å². The van der Waals surface area contributed by atoms with Crippen LogP contribution in [0.25, 0.3) is 0 Å². The predicted octanol–water partition coefficient (Wildman–Crippen LogP) is -0.604. The average Bonchev–Trinajstić information content (AvgIpc) is 1.91. The van der Waals surface area contributed by atoms with E-state index in [0.29, 0.717) is 176 Å². The van der Waals surface area contributed by atoms with Crippen LogP contribution in [0.2, 0.25) is 0 Å². The zero-order valence-electron chi connectivity index (χ0n) is 53.1. The maximum absolute atomic E-state index is 13.6. The van der Waals surface area contributed by atoms with Gasteiger partial charge in [0.1, 0.15) is 12.1 Å². The first-order valence-corrected chi connectivity index (χ1v) is 30.9. The van der Waals surface area contributed by atoms with Gasteiger partial charge in [-0.25, -0.2) is 4.79 Å². The Kier molecular flexibility index (Phi) is 52.2. The van der Waals surface area contributed by atoms with Crippen LogP contribution in [0.4, 0.5) is 10.5 Å². The number of amides is 7. The molecule has 0 saturated heterocycles. The van der Waals surface area contributed by atoms with E-state index in [1.54, 1.807) is 45.2 Å². The molecule has 0 heterocycles. The van der Waals surface area contributed by atoms with Crippen LogP contribution in [0.5, 0.6) is 0 Å². The van der Waals surface area contributed by atoms with E-state index in [4.69, 9.17) is 68.1 Å². The number of carboxylic acids is 2. The van der Waals surface area contributed by atoms with E-state index >= 15 is 0 Å². The molecular weight excluding hydrogens is 1190 g/mol. The highest BCUT2D eigenvalue weighted by Gasteiger charge is 2.31. The van der Waals surface area contributed by atoms with Crippen LogP contribution >= 0.6 is 0 Å². The van der Waals surface area contributed by atoms with Crippen molar-refractivity contribution < 1.29 is 106 Å². The zero-order valence-corrected chi connectivity index (χ0v) is 53.1. The van der Waals surface area contributed by atoms with Gasteiger partial charge in [-0.05, 0) is 82.0 Å². The fourth-order valence-electron chi connectivity index (χ4n) is 7.96. The third kappa shape index (κ3) is 49.0. The third-order valence-electron chi connectivity index (χ3n) is 12.7. The molecular formula is C59H105N9O22. The largest absolute Gasteiger partial charge is 0.480 e. The molecule has 12 N–H and O–H groups in total. The Bertz CT molecular complexity index is 2040. The molecule has 0 unspecified atom stereocenters. The molecule has 0 aliphatic heterocycles. The molecule has 3 atom stereocenters.